The maximum absolute atomic E-state index is 12.5. The molecular formula is C25H28N2O7. The molecule has 1 heterocycles. The summed E-state index contributed by atoms with van der Waals surface area (Å²) in [5.74, 6) is -2.08. The number of rotatable bonds is 10. The second kappa shape index (κ2) is 11.8. The van der Waals surface area contributed by atoms with Crippen LogP contribution in [0.2, 0.25) is 0 Å². The van der Waals surface area contributed by atoms with Crippen LogP contribution in [-0.4, -0.2) is 56.7 Å². The third-order valence-corrected chi connectivity index (χ3v) is 5.37. The highest BCUT2D eigenvalue weighted by atomic mass is 16.5. The van der Waals surface area contributed by atoms with E-state index in [0.717, 1.165) is 5.56 Å². The van der Waals surface area contributed by atoms with E-state index in [1.807, 2.05) is 37.3 Å². The molecule has 1 fully saturated rings. The summed E-state index contributed by atoms with van der Waals surface area (Å²) in [6.45, 7) is 2.02. The minimum Gasteiger partial charge on any atom is -0.494 e. The van der Waals surface area contributed by atoms with Gasteiger partial charge in [-0.3, -0.25) is 14.4 Å². The van der Waals surface area contributed by atoms with E-state index in [1.54, 1.807) is 24.3 Å². The molecular weight excluding hydrogens is 440 g/mol. The molecule has 3 rings (SSSR count). The van der Waals surface area contributed by atoms with E-state index in [-0.39, 0.29) is 25.3 Å². The summed E-state index contributed by atoms with van der Waals surface area (Å²) in [6, 6.07) is 15.3. The monoisotopic (exact) mass is 468 g/mol. The zero-order chi connectivity index (χ0) is 24.5. The van der Waals surface area contributed by atoms with Crippen LogP contribution in [0.4, 0.5) is 5.69 Å². The van der Waals surface area contributed by atoms with Gasteiger partial charge < -0.3 is 24.4 Å². The number of benzene rings is 2. The van der Waals surface area contributed by atoms with E-state index in [2.05, 4.69) is 5.32 Å². The highest BCUT2D eigenvalue weighted by molar-refractivity contribution is 5.99. The molecule has 1 aliphatic heterocycles. The second-order valence-corrected chi connectivity index (χ2v) is 7.77. The van der Waals surface area contributed by atoms with Crippen LogP contribution in [0.15, 0.2) is 54.6 Å². The van der Waals surface area contributed by atoms with Crippen molar-refractivity contribution in [2.75, 3.05) is 31.8 Å². The van der Waals surface area contributed by atoms with E-state index in [4.69, 9.17) is 14.2 Å². The lowest BCUT2D eigenvalue weighted by atomic mass is 10.1. The smallest absolute Gasteiger partial charge is 0.328 e. The molecule has 1 aliphatic rings. The SMILES string of the molecule is CCOc1ccc(N2CC(C(=O)OCC(=O)NC(Cc3ccccc3)C(=O)OC)CC2=O)cc1. The van der Waals surface area contributed by atoms with Gasteiger partial charge in [0.15, 0.2) is 6.61 Å². The van der Waals surface area contributed by atoms with Gasteiger partial charge >= 0.3 is 11.9 Å². The molecule has 2 aromatic rings. The maximum atomic E-state index is 12.5. The molecule has 0 spiro atoms. The fourth-order valence-electron chi connectivity index (χ4n) is 3.68. The van der Waals surface area contributed by atoms with Crippen molar-refractivity contribution in [2.24, 2.45) is 5.92 Å². The van der Waals surface area contributed by atoms with Crippen molar-refractivity contribution in [2.45, 2.75) is 25.8 Å². The predicted molar refractivity (Wildman–Crippen MR) is 123 cm³/mol. The van der Waals surface area contributed by atoms with Crippen LogP contribution in [0.5, 0.6) is 5.75 Å². The van der Waals surface area contributed by atoms with Crippen molar-refractivity contribution in [3.05, 3.63) is 60.2 Å². The van der Waals surface area contributed by atoms with Crippen LogP contribution >= 0.6 is 0 Å². The summed E-state index contributed by atoms with van der Waals surface area (Å²) in [4.78, 5) is 50.8. The molecule has 0 bridgehead atoms. The van der Waals surface area contributed by atoms with Crippen LogP contribution in [0.1, 0.15) is 18.9 Å². The first kappa shape index (κ1) is 24.8. The normalized spacial score (nSPS) is 16.0. The quantitative estimate of drug-likeness (QED) is 0.530. The number of esters is 2. The van der Waals surface area contributed by atoms with Gasteiger partial charge in [-0.25, -0.2) is 4.79 Å². The zero-order valence-electron chi connectivity index (χ0n) is 19.2. The molecule has 9 heteroatoms. The summed E-state index contributed by atoms with van der Waals surface area (Å²) in [5.41, 5.74) is 1.50. The van der Waals surface area contributed by atoms with Gasteiger partial charge in [0, 0.05) is 25.1 Å². The molecule has 2 unspecified atom stereocenters. The number of carbonyl (C=O) groups is 4. The van der Waals surface area contributed by atoms with Gasteiger partial charge in [-0.1, -0.05) is 30.3 Å². The van der Waals surface area contributed by atoms with Crippen LogP contribution in [0.3, 0.4) is 0 Å². The molecule has 0 saturated carbocycles. The molecule has 2 amide bonds. The Hall–Kier alpha value is -3.88. The minimum atomic E-state index is -0.915. The molecule has 9 nitrogen and oxygen atoms in total. The van der Waals surface area contributed by atoms with Crippen LogP contribution in [-0.2, 0) is 35.1 Å². The molecule has 0 aliphatic carbocycles. The largest absolute Gasteiger partial charge is 0.494 e. The Morgan fingerprint density at radius 2 is 1.79 bits per heavy atom. The van der Waals surface area contributed by atoms with Gasteiger partial charge in [0.2, 0.25) is 5.91 Å². The Balaban J connectivity index is 1.51. The van der Waals surface area contributed by atoms with Crippen molar-refractivity contribution in [1.82, 2.24) is 5.32 Å². The fraction of sp³-hybridized carbons (Fsp3) is 0.360. The first-order chi connectivity index (χ1) is 16.4. The van der Waals surface area contributed by atoms with Crippen molar-refractivity contribution >= 4 is 29.4 Å². The third-order valence-electron chi connectivity index (χ3n) is 5.37. The first-order valence-electron chi connectivity index (χ1n) is 11.0. The van der Waals surface area contributed by atoms with E-state index in [9.17, 15) is 19.2 Å². The predicted octanol–water partition coefficient (Wildman–Crippen LogP) is 1.88. The molecule has 2 atom stereocenters. The van der Waals surface area contributed by atoms with Crippen molar-refractivity contribution < 1.29 is 33.4 Å². The van der Waals surface area contributed by atoms with E-state index >= 15 is 0 Å². The van der Waals surface area contributed by atoms with Gasteiger partial charge in [0.05, 0.1) is 19.6 Å². The van der Waals surface area contributed by atoms with E-state index in [0.29, 0.717) is 18.0 Å². The van der Waals surface area contributed by atoms with Crippen LogP contribution in [0.25, 0.3) is 0 Å². The van der Waals surface area contributed by atoms with Gasteiger partial charge in [0.1, 0.15) is 11.8 Å². The van der Waals surface area contributed by atoms with Gasteiger partial charge in [-0.15, -0.1) is 0 Å². The Morgan fingerprint density at radius 3 is 2.44 bits per heavy atom. The first-order valence-corrected chi connectivity index (χ1v) is 11.0. The summed E-state index contributed by atoms with van der Waals surface area (Å²) in [6.07, 6.45) is 0.230. The highest BCUT2D eigenvalue weighted by Gasteiger charge is 2.36. The molecule has 0 aromatic heterocycles. The Bertz CT molecular complexity index is 1010. The number of anilines is 1. The van der Waals surface area contributed by atoms with Gasteiger partial charge in [-0.2, -0.15) is 0 Å². The highest BCUT2D eigenvalue weighted by Crippen LogP contribution is 2.27. The zero-order valence-corrected chi connectivity index (χ0v) is 19.2. The summed E-state index contributed by atoms with van der Waals surface area (Å²) in [7, 11) is 1.24. The summed E-state index contributed by atoms with van der Waals surface area (Å²) >= 11 is 0. The lowest BCUT2D eigenvalue weighted by Gasteiger charge is -2.18. The standard InChI is InChI=1S/C25H28N2O7/c1-3-33-20-11-9-19(10-12-20)27-15-18(14-23(27)29)24(30)34-16-22(28)26-21(25(31)32-2)13-17-7-5-4-6-8-17/h4-12,18,21H,3,13-16H2,1-2H3,(H,26,28). The number of ether oxygens (including phenoxy) is 3. The molecule has 2 aromatic carbocycles. The number of nitrogens with one attached hydrogen (secondary N) is 1. The number of methoxy groups -OCH3 is 1. The average molecular weight is 469 g/mol. The maximum Gasteiger partial charge on any atom is 0.328 e. The fourth-order valence-corrected chi connectivity index (χ4v) is 3.68. The summed E-state index contributed by atoms with van der Waals surface area (Å²) in [5, 5.41) is 2.54. The van der Waals surface area contributed by atoms with Crippen molar-refractivity contribution in [1.29, 1.82) is 0 Å². The van der Waals surface area contributed by atoms with Gasteiger partial charge in [-0.05, 0) is 36.8 Å². The minimum absolute atomic E-state index is 0.00748. The number of nitrogens with zero attached hydrogens (tertiary/aromatic N) is 1. The lowest BCUT2D eigenvalue weighted by molar-refractivity contribution is -0.153. The Labute approximate surface area is 198 Å². The van der Waals surface area contributed by atoms with Crippen LogP contribution < -0.4 is 15.0 Å². The van der Waals surface area contributed by atoms with Crippen molar-refractivity contribution in [3.8, 4) is 5.75 Å². The lowest BCUT2D eigenvalue weighted by Crippen LogP contribution is -2.45. The number of hydrogen-bond donors (Lipinski definition) is 1. The number of amides is 2. The number of hydrogen-bond acceptors (Lipinski definition) is 7. The Morgan fingerprint density at radius 1 is 1.09 bits per heavy atom. The van der Waals surface area contributed by atoms with Gasteiger partial charge in [0.25, 0.3) is 5.91 Å². The third kappa shape index (κ3) is 6.57. The molecule has 1 saturated heterocycles. The summed E-state index contributed by atoms with van der Waals surface area (Å²) < 4.78 is 15.3. The number of carbonyl (C=O) groups excluding carboxylic acids is 4. The van der Waals surface area contributed by atoms with E-state index < -0.39 is 36.4 Å². The molecule has 0 radical (unpaired) electrons. The van der Waals surface area contributed by atoms with Crippen molar-refractivity contribution in [3.63, 3.8) is 0 Å². The molecule has 34 heavy (non-hydrogen) atoms. The van der Waals surface area contributed by atoms with E-state index in [1.165, 1.54) is 12.0 Å². The second-order valence-electron chi connectivity index (χ2n) is 7.77. The Kier molecular flexibility index (Phi) is 8.61. The van der Waals surface area contributed by atoms with Crippen LogP contribution in [0, 0.1) is 5.92 Å². The average Bonchev–Trinajstić information content (AvgIpc) is 3.24. The molecule has 1 N–H and O–H groups in total. The molecule has 180 valence electrons. The topological polar surface area (TPSA) is 111 Å².